The number of hydrogen-bond donors (Lipinski definition) is 1. The van der Waals surface area contributed by atoms with Gasteiger partial charge in [-0.25, -0.2) is 0 Å². The van der Waals surface area contributed by atoms with E-state index in [1.165, 1.54) is 0 Å². The fraction of sp³-hybridized carbons (Fsp3) is 0.357. The Labute approximate surface area is 138 Å². The van der Waals surface area contributed by atoms with Crippen molar-refractivity contribution >= 4 is 29.1 Å². The Morgan fingerprint density at radius 2 is 2.23 bits per heavy atom. The zero-order valence-corrected chi connectivity index (χ0v) is 13.7. The number of nitrogens with one attached hydrogen (secondary N) is 1. The number of carbonyl (C=O) groups is 1. The van der Waals surface area contributed by atoms with Gasteiger partial charge in [-0.15, -0.1) is 10.2 Å². The Balaban J connectivity index is 1.92. The number of benzene rings is 1. The molecular weight excluding hydrogens is 327 g/mol. The monoisotopic (exact) mass is 342 g/mol. The van der Waals surface area contributed by atoms with Crippen LogP contribution in [-0.4, -0.2) is 26.8 Å². The topological polar surface area (TPSA) is 69.0 Å². The number of hydrogen-bond acceptors (Lipinski definition) is 4. The zero-order chi connectivity index (χ0) is 16.1. The number of aryl methyl sites for hydroxylation is 1. The molecule has 1 heterocycles. The van der Waals surface area contributed by atoms with E-state index in [4.69, 9.17) is 27.9 Å². The molecule has 0 spiro atoms. The molecule has 1 aromatic carbocycles. The summed E-state index contributed by atoms with van der Waals surface area (Å²) in [4.78, 5) is 12.1. The first-order chi connectivity index (χ1) is 10.5. The average molecular weight is 343 g/mol. The molecule has 0 bridgehead atoms. The van der Waals surface area contributed by atoms with E-state index in [0.29, 0.717) is 21.6 Å². The van der Waals surface area contributed by atoms with E-state index in [2.05, 4.69) is 15.5 Å². The van der Waals surface area contributed by atoms with Crippen LogP contribution in [0.3, 0.4) is 0 Å². The van der Waals surface area contributed by atoms with Gasteiger partial charge in [-0.3, -0.25) is 4.79 Å². The van der Waals surface area contributed by atoms with E-state index in [1.54, 1.807) is 31.5 Å². The van der Waals surface area contributed by atoms with Gasteiger partial charge < -0.3 is 14.6 Å². The lowest BCUT2D eigenvalue weighted by molar-refractivity contribution is -0.127. The van der Waals surface area contributed by atoms with Crippen LogP contribution in [0.15, 0.2) is 24.5 Å². The summed E-state index contributed by atoms with van der Waals surface area (Å²) in [5.74, 6) is 0.828. The number of rotatable bonds is 6. The minimum absolute atomic E-state index is 0.267. The van der Waals surface area contributed by atoms with Gasteiger partial charge >= 0.3 is 0 Å². The van der Waals surface area contributed by atoms with Crippen molar-refractivity contribution < 1.29 is 9.53 Å². The van der Waals surface area contributed by atoms with Crippen LogP contribution in [0.5, 0.6) is 5.75 Å². The fourth-order valence-electron chi connectivity index (χ4n) is 1.80. The van der Waals surface area contributed by atoms with Crippen LogP contribution in [0.25, 0.3) is 0 Å². The molecule has 0 aliphatic rings. The lowest BCUT2D eigenvalue weighted by atomic mass is 10.3. The van der Waals surface area contributed by atoms with E-state index in [9.17, 15) is 4.79 Å². The normalized spacial score (nSPS) is 12.0. The molecule has 6 nitrogen and oxygen atoms in total. The summed E-state index contributed by atoms with van der Waals surface area (Å²) < 4.78 is 7.39. The molecule has 2 rings (SSSR count). The van der Waals surface area contributed by atoms with Gasteiger partial charge in [0.1, 0.15) is 12.1 Å². The molecular formula is C14H16Cl2N4O2. The Hall–Kier alpha value is -1.79. The second-order valence-electron chi connectivity index (χ2n) is 4.59. The van der Waals surface area contributed by atoms with Crippen molar-refractivity contribution in [1.82, 2.24) is 20.1 Å². The first-order valence-corrected chi connectivity index (χ1v) is 7.53. The van der Waals surface area contributed by atoms with Crippen molar-refractivity contribution in [3.8, 4) is 5.75 Å². The van der Waals surface area contributed by atoms with E-state index < -0.39 is 6.10 Å². The van der Waals surface area contributed by atoms with Gasteiger partial charge in [0.25, 0.3) is 5.91 Å². The van der Waals surface area contributed by atoms with E-state index in [-0.39, 0.29) is 12.5 Å². The predicted octanol–water partition coefficient (Wildman–Crippen LogP) is 2.69. The molecule has 0 saturated carbocycles. The summed E-state index contributed by atoms with van der Waals surface area (Å²) in [6.07, 6.45) is 0.922. The largest absolute Gasteiger partial charge is 0.479 e. The van der Waals surface area contributed by atoms with E-state index in [1.807, 2.05) is 11.5 Å². The van der Waals surface area contributed by atoms with Gasteiger partial charge in [0.15, 0.2) is 11.9 Å². The van der Waals surface area contributed by atoms with Crippen LogP contribution in [-0.2, 0) is 17.9 Å². The number of amides is 1. The fourth-order valence-corrected chi connectivity index (χ4v) is 2.26. The summed E-state index contributed by atoms with van der Waals surface area (Å²) in [5, 5.41) is 11.4. The van der Waals surface area contributed by atoms with Gasteiger partial charge in [-0.05, 0) is 32.0 Å². The zero-order valence-electron chi connectivity index (χ0n) is 12.2. The molecule has 1 amide bonds. The molecule has 0 radical (unpaired) electrons. The van der Waals surface area contributed by atoms with Gasteiger partial charge in [-0.2, -0.15) is 0 Å². The maximum Gasteiger partial charge on any atom is 0.261 e. The Morgan fingerprint density at radius 1 is 1.45 bits per heavy atom. The number of ether oxygens (including phenoxy) is 1. The molecule has 22 heavy (non-hydrogen) atoms. The van der Waals surface area contributed by atoms with Gasteiger partial charge in [-0.1, -0.05) is 23.2 Å². The number of halogens is 2. The molecule has 0 aliphatic heterocycles. The number of carbonyl (C=O) groups excluding carboxylic acids is 1. The molecule has 1 N–H and O–H groups in total. The van der Waals surface area contributed by atoms with Crippen molar-refractivity contribution in [3.05, 3.63) is 40.4 Å². The van der Waals surface area contributed by atoms with Gasteiger partial charge in [0.2, 0.25) is 0 Å². The summed E-state index contributed by atoms with van der Waals surface area (Å²) in [7, 11) is 0. The Bertz CT molecular complexity index is 660. The highest BCUT2D eigenvalue weighted by atomic mass is 35.5. The highest BCUT2D eigenvalue weighted by Gasteiger charge is 2.17. The minimum Gasteiger partial charge on any atom is -0.479 e. The molecule has 1 unspecified atom stereocenters. The maximum atomic E-state index is 12.1. The lowest BCUT2D eigenvalue weighted by Gasteiger charge is -2.15. The van der Waals surface area contributed by atoms with Crippen LogP contribution >= 0.6 is 23.2 Å². The third-order valence-corrected chi connectivity index (χ3v) is 3.55. The predicted molar refractivity (Wildman–Crippen MR) is 84.1 cm³/mol. The summed E-state index contributed by atoms with van der Waals surface area (Å²) >= 11 is 11.8. The second-order valence-corrected chi connectivity index (χ2v) is 5.43. The van der Waals surface area contributed by atoms with Crippen molar-refractivity contribution in [2.75, 3.05) is 0 Å². The van der Waals surface area contributed by atoms with E-state index in [0.717, 1.165) is 6.54 Å². The molecule has 1 aromatic heterocycles. The smallest absolute Gasteiger partial charge is 0.261 e. The summed E-state index contributed by atoms with van der Waals surface area (Å²) in [5.41, 5.74) is 0. The molecule has 8 heteroatoms. The molecule has 1 atom stereocenters. The lowest BCUT2D eigenvalue weighted by Crippen LogP contribution is -2.36. The van der Waals surface area contributed by atoms with Crippen LogP contribution in [0, 0.1) is 0 Å². The van der Waals surface area contributed by atoms with Crippen LogP contribution in [0.2, 0.25) is 10.0 Å². The highest BCUT2D eigenvalue weighted by molar-refractivity contribution is 6.35. The average Bonchev–Trinajstić information content (AvgIpc) is 2.95. The van der Waals surface area contributed by atoms with Crippen molar-refractivity contribution in [2.24, 2.45) is 0 Å². The molecule has 0 saturated heterocycles. The van der Waals surface area contributed by atoms with Crippen molar-refractivity contribution in [2.45, 2.75) is 33.0 Å². The highest BCUT2D eigenvalue weighted by Crippen LogP contribution is 2.28. The summed E-state index contributed by atoms with van der Waals surface area (Å²) in [6.45, 7) is 4.65. The Morgan fingerprint density at radius 3 is 2.91 bits per heavy atom. The molecule has 0 fully saturated rings. The van der Waals surface area contributed by atoms with Crippen LogP contribution in [0.1, 0.15) is 19.7 Å². The molecule has 2 aromatic rings. The van der Waals surface area contributed by atoms with E-state index >= 15 is 0 Å². The van der Waals surface area contributed by atoms with Crippen molar-refractivity contribution in [1.29, 1.82) is 0 Å². The Kier molecular flexibility index (Phi) is 5.63. The van der Waals surface area contributed by atoms with Crippen LogP contribution < -0.4 is 10.1 Å². The third kappa shape index (κ3) is 4.11. The van der Waals surface area contributed by atoms with Crippen LogP contribution in [0.4, 0.5) is 0 Å². The maximum absolute atomic E-state index is 12.1. The first kappa shape index (κ1) is 16.6. The number of nitrogens with zero attached hydrogens (tertiary/aromatic N) is 3. The van der Waals surface area contributed by atoms with Gasteiger partial charge in [0.05, 0.1) is 11.6 Å². The second kappa shape index (κ2) is 7.47. The first-order valence-electron chi connectivity index (χ1n) is 6.77. The summed E-state index contributed by atoms with van der Waals surface area (Å²) in [6, 6.07) is 4.84. The molecule has 0 aliphatic carbocycles. The molecule has 118 valence electrons. The third-order valence-electron chi connectivity index (χ3n) is 3.02. The van der Waals surface area contributed by atoms with Gasteiger partial charge in [0, 0.05) is 11.6 Å². The SMILES string of the molecule is CCn1cnnc1CNC(=O)C(C)Oc1ccc(Cl)cc1Cl. The van der Waals surface area contributed by atoms with Crippen molar-refractivity contribution in [3.63, 3.8) is 0 Å². The minimum atomic E-state index is -0.698. The quantitative estimate of drug-likeness (QED) is 0.876. The number of aromatic nitrogens is 3. The standard InChI is InChI=1S/C14H16Cl2N4O2/c1-3-20-8-18-19-13(20)7-17-14(21)9(2)22-12-5-4-10(15)6-11(12)16/h4-6,8-9H,3,7H2,1-2H3,(H,17,21).